The maximum atomic E-state index is 14.0. The summed E-state index contributed by atoms with van der Waals surface area (Å²) >= 11 is 0.343. The maximum Gasteiger partial charge on any atom is 0.418 e. The number of ether oxygens (including phenoxy) is 1. The van der Waals surface area contributed by atoms with Gasteiger partial charge in [-0.1, -0.05) is 18.2 Å². The van der Waals surface area contributed by atoms with Crippen molar-refractivity contribution in [2.24, 2.45) is 0 Å². The third kappa shape index (κ3) is 5.61. The van der Waals surface area contributed by atoms with Gasteiger partial charge in [0.05, 0.1) is 26.6 Å². The van der Waals surface area contributed by atoms with Gasteiger partial charge in [-0.25, -0.2) is 14.5 Å². The van der Waals surface area contributed by atoms with Crippen LogP contribution in [0.15, 0.2) is 81.6 Å². The summed E-state index contributed by atoms with van der Waals surface area (Å²) in [6.07, 6.45) is -9.84. The lowest BCUT2D eigenvalue weighted by atomic mass is 10.1. The van der Waals surface area contributed by atoms with Gasteiger partial charge in [-0.3, -0.25) is 10.1 Å². The smallest absolute Gasteiger partial charge is 0.418 e. The largest absolute Gasteiger partial charge is 0.457 e. The zero-order chi connectivity index (χ0) is 27.0. The molecule has 4 aromatic rings. The fraction of sp³-hybridized carbons (Fsp3) is 0.0909. The van der Waals surface area contributed by atoms with Gasteiger partial charge in [0.25, 0.3) is 5.69 Å². The Hall–Kier alpha value is -4.27. The van der Waals surface area contributed by atoms with E-state index in [2.05, 4.69) is 5.10 Å². The summed E-state index contributed by atoms with van der Waals surface area (Å²) in [5.41, 5.74) is -5.34. The van der Waals surface area contributed by atoms with E-state index in [1.807, 2.05) is 5.10 Å². The number of nitro groups is 1. The molecule has 0 unspecified atom stereocenters. The first-order valence-electron chi connectivity index (χ1n) is 10.00. The molecule has 15 heteroatoms. The molecule has 0 aliphatic carbocycles. The number of hydrogen-bond donors (Lipinski definition) is 1. The Balaban J connectivity index is 1.79. The number of alkyl halides is 6. The quantitative estimate of drug-likeness (QED) is 0.171. The van der Waals surface area contributed by atoms with E-state index in [1.165, 1.54) is 18.2 Å². The number of aromatic nitrogens is 3. The summed E-state index contributed by atoms with van der Waals surface area (Å²) in [4.78, 5) is 22.4. The number of benzene rings is 3. The minimum absolute atomic E-state index is 0.189. The van der Waals surface area contributed by atoms with E-state index < -0.39 is 50.6 Å². The first kappa shape index (κ1) is 25.8. The van der Waals surface area contributed by atoms with E-state index >= 15 is 0 Å². The molecule has 0 radical (unpaired) electrons. The average molecular weight is 542 g/mol. The molecule has 1 N–H and O–H groups in total. The van der Waals surface area contributed by atoms with Crippen LogP contribution < -0.4 is 10.4 Å². The standard InChI is InChI=1S/C22H12F6N4O4S/c23-21(24,25)12-6-9-18(17(10-12)32(34)35)37-20-30-29-19(33)31(20)16-8-7-14(11-15(16)22(26,27)28)36-13-4-2-1-3-5-13/h1-11H,(H,29,33). The van der Waals surface area contributed by atoms with Crippen molar-refractivity contribution in [2.75, 3.05) is 0 Å². The molecule has 8 nitrogen and oxygen atoms in total. The third-order valence-electron chi connectivity index (χ3n) is 4.82. The number of hydrogen-bond acceptors (Lipinski definition) is 6. The van der Waals surface area contributed by atoms with Gasteiger partial charge >= 0.3 is 18.0 Å². The molecular weight excluding hydrogens is 530 g/mol. The number of para-hydroxylation sites is 1. The van der Waals surface area contributed by atoms with Crippen molar-refractivity contribution in [1.29, 1.82) is 0 Å². The molecule has 0 atom stereocenters. The predicted octanol–water partition coefficient (Wildman–Crippen LogP) is 6.45. The van der Waals surface area contributed by atoms with Crippen LogP contribution in [-0.2, 0) is 12.4 Å². The van der Waals surface area contributed by atoms with Crippen LogP contribution in [0.5, 0.6) is 11.5 Å². The van der Waals surface area contributed by atoms with Gasteiger partial charge in [0.15, 0.2) is 0 Å². The van der Waals surface area contributed by atoms with E-state index in [0.29, 0.717) is 28.5 Å². The van der Waals surface area contributed by atoms with Gasteiger partial charge in [-0.2, -0.15) is 26.3 Å². The molecule has 1 heterocycles. The molecule has 4 rings (SSSR count). The fourth-order valence-corrected chi connectivity index (χ4v) is 4.14. The van der Waals surface area contributed by atoms with Gasteiger partial charge in [0, 0.05) is 6.07 Å². The molecule has 0 spiro atoms. The predicted molar refractivity (Wildman–Crippen MR) is 118 cm³/mol. The summed E-state index contributed by atoms with van der Waals surface area (Å²) in [7, 11) is 0. The number of halogens is 6. The summed E-state index contributed by atoms with van der Waals surface area (Å²) in [5, 5.41) is 16.5. The maximum absolute atomic E-state index is 14.0. The Kier molecular flexibility index (Phi) is 6.73. The van der Waals surface area contributed by atoms with Crippen molar-refractivity contribution in [3.63, 3.8) is 0 Å². The second-order valence-electron chi connectivity index (χ2n) is 7.28. The zero-order valence-corrected chi connectivity index (χ0v) is 18.8. The van der Waals surface area contributed by atoms with E-state index in [0.717, 1.165) is 12.1 Å². The molecule has 0 saturated heterocycles. The van der Waals surface area contributed by atoms with Crippen molar-refractivity contribution >= 4 is 17.4 Å². The molecule has 0 amide bonds. The number of nitrogens with zero attached hydrogens (tertiary/aromatic N) is 3. The average Bonchev–Trinajstić information content (AvgIpc) is 3.18. The van der Waals surface area contributed by atoms with Crippen LogP contribution >= 0.6 is 11.8 Å². The molecule has 0 saturated carbocycles. The van der Waals surface area contributed by atoms with Gasteiger partial charge in [0.2, 0.25) is 5.16 Å². The number of H-pyrrole nitrogens is 1. The van der Waals surface area contributed by atoms with Crippen LogP contribution in [0.2, 0.25) is 0 Å². The van der Waals surface area contributed by atoms with Gasteiger partial charge in [-0.15, -0.1) is 5.10 Å². The molecular formula is C22H12F6N4O4S. The molecule has 37 heavy (non-hydrogen) atoms. The SMILES string of the molecule is O=c1[nH]nc(Sc2ccc(C(F)(F)F)cc2[N+](=O)[O-])n1-c1ccc(Oc2ccccc2)cc1C(F)(F)F. The minimum Gasteiger partial charge on any atom is -0.457 e. The highest BCUT2D eigenvalue weighted by atomic mass is 32.2. The Morgan fingerprint density at radius 3 is 2.24 bits per heavy atom. The topological polar surface area (TPSA) is 103 Å². The first-order valence-corrected chi connectivity index (χ1v) is 10.8. The minimum atomic E-state index is -4.97. The summed E-state index contributed by atoms with van der Waals surface area (Å²) in [6, 6.07) is 12.4. The number of aromatic amines is 1. The van der Waals surface area contributed by atoms with Crippen molar-refractivity contribution < 1.29 is 36.0 Å². The highest BCUT2D eigenvalue weighted by Crippen LogP contribution is 2.41. The molecule has 0 aliphatic rings. The lowest BCUT2D eigenvalue weighted by Gasteiger charge is -2.16. The Morgan fingerprint density at radius 1 is 0.919 bits per heavy atom. The van der Waals surface area contributed by atoms with Crippen LogP contribution in [0.3, 0.4) is 0 Å². The zero-order valence-electron chi connectivity index (χ0n) is 18.0. The lowest BCUT2D eigenvalue weighted by molar-refractivity contribution is -0.388. The van der Waals surface area contributed by atoms with Crippen LogP contribution in [0.1, 0.15) is 11.1 Å². The highest BCUT2D eigenvalue weighted by molar-refractivity contribution is 7.99. The van der Waals surface area contributed by atoms with Gasteiger partial charge in [0.1, 0.15) is 11.5 Å². The van der Waals surface area contributed by atoms with Crippen LogP contribution in [0.4, 0.5) is 32.0 Å². The van der Waals surface area contributed by atoms with Crippen LogP contribution in [0.25, 0.3) is 5.69 Å². The van der Waals surface area contributed by atoms with Crippen LogP contribution in [-0.4, -0.2) is 19.7 Å². The number of rotatable bonds is 6. The van der Waals surface area contributed by atoms with Crippen molar-refractivity contribution in [1.82, 2.24) is 14.8 Å². The molecule has 0 bridgehead atoms. The Morgan fingerprint density at radius 2 is 1.62 bits per heavy atom. The number of nitro benzene ring substituents is 1. The molecule has 0 fully saturated rings. The Bertz CT molecular complexity index is 1520. The lowest BCUT2D eigenvalue weighted by Crippen LogP contribution is -2.20. The van der Waals surface area contributed by atoms with Gasteiger partial charge in [-0.05, 0) is 54.2 Å². The van der Waals surface area contributed by atoms with E-state index in [4.69, 9.17) is 4.74 Å². The monoisotopic (exact) mass is 542 g/mol. The van der Waals surface area contributed by atoms with Crippen molar-refractivity contribution in [2.45, 2.75) is 22.4 Å². The normalized spacial score (nSPS) is 11.9. The van der Waals surface area contributed by atoms with E-state index in [1.54, 1.807) is 18.2 Å². The van der Waals surface area contributed by atoms with Crippen LogP contribution in [0, 0.1) is 10.1 Å². The fourth-order valence-electron chi connectivity index (χ4n) is 3.21. The summed E-state index contributed by atoms with van der Waals surface area (Å²) in [6.45, 7) is 0. The molecule has 1 aromatic heterocycles. The van der Waals surface area contributed by atoms with Crippen molar-refractivity contribution in [3.8, 4) is 17.2 Å². The van der Waals surface area contributed by atoms with Gasteiger partial charge < -0.3 is 4.74 Å². The van der Waals surface area contributed by atoms with E-state index in [-0.39, 0.29) is 22.5 Å². The van der Waals surface area contributed by atoms with E-state index in [9.17, 15) is 41.3 Å². The highest BCUT2D eigenvalue weighted by Gasteiger charge is 2.37. The molecule has 3 aromatic carbocycles. The summed E-state index contributed by atoms with van der Waals surface area (Å²) < 4.78 is 86.9. The summed E-state index contributed by atoms with van der Waals surface area (Å²) in [5.74, 6) is 0.0705. The Labute approximate surface area is 206 Å². The van der Waals surface area contributed by atoms with Crippen molar-refractivity contribution in [3.05, 3.63) is 98.5 Å². The molecule has 192 valence electrons. The number of nitrogens with one attached hydrogen (secondary N) is 1. The second-order valence-corrected chi connectivity index (χ2v) is 8.29. The second kappa shape index (κ2) is 9.65. The third-order valence-corrected chi connectivity index (χ3v) is 5.84. The molecule has 0 aliphatic heterocycles. The first-order chi connectivity index (χ1) is 17.3.